The molecule has 2 aromatic rings. The van der Waals surface area contributed by atoms with Gasteiger partial charge in [-0.3, -0.25) is 4.40 Å². The highest BCUT2D eigenvalue weighted by Crippen LogP contribution is 2.37. The Balaban J connectivity index is 1.68. The van der Waals surface area contributed by atoms with Gasteiger partial charge < -0.3 is 10.0 Å². The number of nitrogens with zero attached hydrogens (tertiary/aromatic N) is 5. The summed E-state index contributed by atoms with van der Waals surface area (Å²) in [5, 5.41) is 18.6. The van der Waals surface area contributed by atoms with E-state index in [4.69, 9.17) is 0 Å². The van der Waals surface area contributed by atoms with Gasteiger partial charge in [0.1, 0.15) is 6.33 Å². The highest BCUT2D eigenvalue weighted by Gasteiger charge is 2.38. The number of anilines is 1. The summed E-state index contributed by atoms with van der Waals surface area (Å²) in [6.45, 7) is 0.993. The third kappa shape index (κ3) is 2.18. The van der Waals surface area contributed by atoms with E-state index in [1.165, 1.54) is 6.42 Å². The summed E-state index contributed by atoms with van der Waals surface area (Å²) in [5.74, 6) is 1.28. The van der Waals surface area contributed by atoms with Gasteiger partial charge in [-0.15, -0.1) is 10.2 Å². The first kappa shape index (κ1) is 13.0. The second-order valence-corrected chi connectivity index (χ2v) is 6.23. The zero-order valence-electron chi connectivity index (χ0n) is 12.1. The van der Waals surface area contributed by atoms with Crippen molar-refractivity contribution in [1.82, 2.24) is 19.6 Å². The maximum atomic E-state index is 10.4. The van der Waals surface area contributed by atoms with Crippen molar-refractivity contribution in [2.75, 3.05) is 11.4 Å². The lowest BCUT2D eigenvalue weighted by Crippen LogP contribution is -2.43. The number of fused-ring (bicyclic) bond motifs is 1. The van der Waals surface area contributed by atoms with Crippen molar-refractivity contribution in [1.29, 1.82) is 0 Å². The van der Waals surface area contributed by atoms with Crippen molar-refractivity contribution < 1.29 is 5.11 Å². The zero-order valence-corrected chi connectivity index (χ0v) is 12.1. The summed E-state index contributed by atoms with van der Waals surface area (Å²) in [6, 6.07) is 0.385. The molecular formula is C15H21N5O. The van der Waals surface area contributed by atoms with E-state index >= 15 is 0 Å². The Morgan fingerprint density at radius 3 is 2.95 bits per heavy atom. The molecule has 3 unspecified atom stereocenters. The largest absolute Gasteiger partial charge is 0.393 e. The Morgan fingerprint density at radius 2 is 2.05 bits per heavy atom. The second kappa shape index (κ2) is 5.26. The van der Waals surface area contributed by atoms with Crippen molar-refractivity contribution in [3.63, 3.8) is 0 Å². The van der Waals surface area contributed by atoms with E-state index in [-0.39, 0.29) is 6.10 Å². The van der Waals surface area contributed by atoms with Crippen LogP contribution in [0.3, 0.4) is 0 Å². The molecule has 21 heavy (non-hydrogen) atoms. The van der Waals surface area contributed by atoms with Gasteiger partial charge in [0.25, 0.3) is 0 Å². The first-order valence-electron chi connectivity index (χ1n) is 7.93. The molecule has 112 valence electrons. The molecule has 3 atom stereocenters. The molecule has 3 heterocycles. The van der Waals surface area contributed by atoms with Crippen molar-refractivity contribution in [3.8, 4) is 0 Å². The summed E-state index contributed by atoms with van der Waals surface area (Å²) in [4.78, 5) is 6.90. The molecule has 1 N–H and O–H groups in total. The third-order valence-corrected chi connectivity index (χ3v) is 5.04. The minimum absolute atomic E-state index is 0.165. The Morgan fingerprint density at radius 1 is 1.14 bits per heavy atom. The summed E-state index contributed by atoms with van der Waals surface area (Å²) in [7, 11) is 0. The molecule has 1 aliphatic carbocycles. The molecule has 6 heteroatoms. The van der Waals surface area contributed by atoms with E-state index < -0.39 is 0 Å². The van der Waals surface area contributed by atoms with Crippen LogP contribution >= 0.6 is 0 Å². The Labute approximate surface area is 123 Å². The molecule has 2 aromatic heterocycles. The number of aromatic nitrogens is 4. The van der Waals surface area contributed by atoms with Crippen molar-refractivity contribution in [2.24, 2.45) is 5.92 Å². The predicted octanol–water partition coefficient (Wildman–Crippen LogP) is 1.64. The molecule has 0 radical (unpaired) electrons. The van der Waals surface area contributed by atoms with Crippen LogP contribution in [0.2, 0.25) is 0 Å². The van der Waals surface area contributed by atoms with Crippen LogP contribution in [0.1, 0.15) is 38.5 Å². The van der Waals surface area contributed by atoms with E-state index in [1.54, 1.807) is 12.5 Å². The van der Waals surface area contributed by atoms with Gasteiger partial charge in [-0.25, -0.2) is 4.98 Å². The monoisotopic (exact) mass is 287 g/mol. The van der Waals surface area contributed by atoms with Crippen LogP contribution in [0.5, 0.6) is 0 Å². The van der Waals surface area contributed by atoms with E-state index in [0.717, 1.165) is 50.1 Å². The van der Waals surface area contributed by atoms with Gasteiger partial charge in [0.15, 0.2) is 5.82 Å². The SMILES string of the molecule is OC1CCCCC1C1CCCN1c1nccn2cnnc12. The lowest BCUT2D eigenvalue weighted by molar-refractivity contribution is 0.0565. The van der Waals surface area contributed by atoms with E-state index in [0.29, 0.717) is 12.0 Å². The average Bonchev–Trinajstić information content (AvgIpc) is 3.16. The molecule has 0 bridgehead atoms. The fourth-order valence-electron chi connectivity index (χ4n) is 4.04. The standard InChI is InChI=1S/C15H21N5O/c21-13-6-2-1-4-11(13)12-5-3-8-20(12)14-15-18-17-10-19(15)9-7-16-14/h7,9-13,21H,1-6,8H2. The summed E-state index contributed by atoms with van der Waals surface area (Å²) in [5.41, 5.74) is 0.815. The van der Waals surface area contributed by atoms with Gasteiger partial charge in [0.2, 0.25) is 5.65 Å². The summed E-state index contributed by atoms with van der Waals surface area (Å²) >= 11 is 0. The van der Waals surface area contributed by atoms with Crippen LogP contribution in [0.15, 0.2) is 18.7 Å². The number of rotatable bonds is 2. The smallest absolute Gasteiger partial charge is 0.203 e. The van der Waals surface area contributed by atoms with Gasteiger partial charge in [-0.1, -0.05) is 12.8 Å². The topological polar surface area (TPSA) is 66.5 Å². The molecule has 0 spiro atoms. The predicted molar refractivity (Wildman–Crippen MR) is 79.1 cm³/mol. The molecule has 0 aromatic carbocycles. The normalized spacial score (nSPS) is 30.1. The van der Waals surface area contributed by atoms with E-state index in [1.807, 2.05) is 10.6 Å². The number of aliphatic hydroxyl groups excluding tert-OH is 1. The van der Waals surface area contributed by atoms with Crippen LogP contribution in [0.25, 0.3) is 5.65 Å². The zero-order chi connectivity index (χ0) is 14.2. The van der Waals surface area contributed by atoms with Crippen LogP contribution in [0, 0.1) is 5.92 Å². The maximum absolute atomic E-state index is 10.4. The first-order chi connectivity index (χ1) is 10.3. The van der Waals surface area contributed by atoms with Crippen LogP contribution in [0.4, 0.5) is 5.82 Å². The quantitative estimate of drug-likeness (QED) is 0.909. The number of hydrogen-bond acceptors (Lipinski definition) is 5. The Bertz CT molecular complexity index is 627. The van der Waals surface area contributed by atoms with Gasteiger partial charge in [0.05, 0.1) is 6.10 Å². The van der Waals surface area contributed by atoms with E-state index in [9.17, 15) is 5.11 Å². The molecule has 0 amide bonds. The number of hydrogen-bond donors (Lipinski definition) is 1. The first-order valence-corrected chi connectivity index (χ1v) is 7.93. The molecule has 4 rings (SSSR count). The summed E-state index contributed by atoms with van der Waals surface area (Å²) in [6.07, 6.45) is 12.0. The molecule has 2 fully saturated rings. The van der Waals surface area contributed by atoms with Gasteiger partial charge in [0, 0.05) is 30.9 Å². The van der Waals surface area contributed by atoms with Crippen molar-refractivity contribution >= 4 is 11.5 Å². The molecular weight excluding hydrogens is 266 g/mol. The highest BCUT2D eigenvalue weighted by molar-refractivity contribution is 5.64. The van der Waals surface area contributed by atoms with Crippen molar-refractivity contribution in [2.45, 2.75) is 50.7 Å². The lowest BCUT2D eigenvalue weighted by atomic mass is 9.80. The molecule has 1 saturated carbocycles. The molecule has 2 aliphatic rings. The molecule has 1 saturated heterocycles. The Hall–Kier alpha value is -1.69. The van der Waals surface area contributed by atoms with E-state index in [2.05, 4.69) is 20.1 Å². The van der Waals surface area contributed by atoms with Crippen LogP contribution in [-0.4, -0.2) is 43.4 Å². The molecule has 6 nitrogen and oxygen atoms in total. The average molecular weight is 287 g/mol. The van der Waals surface area contributed by atoms with Gasteiger partial charge in [-0.2, -0.15) is 0 Å². The minimum atomic E-state index is -0.165. The van der Waals surface area contributed by atoms with Gasteiger partial charge in [-0.05, 0) is 25.7 Å². The minimum Gasteiger partial charge on any atom is -0.393 e. The third-order valence-electron chi connectivity index (χ3n) is 5.04. The number of aliphatic hydroxyl groups is 1. The Kier molecular flexibility index (Phi) is 3.25. The summed E-state index contributed by atoms with van der Waals surface area (Å²) < 4.78 is 1.91. The highest BCUT2D eigenvalue weighted by atomic mass is 16.3. The van der Waals surface area contributed by atoms with Gasteiger partial charge >= 0.3 is 0 Å². The fraction of sp³-hybridized carbons (Fsp3) is 0.667. The maximum Gasteiger partial charge on any atom is 0.203 e. The van der Waals surface area contributed by atoms with Crippen molar-refractivity contribution in [3.05, 3.63) is 18.7 Å². The van der Waals surface area contributed by atoms with Crippen LogP contribution < -0.4 is 4.90 Å². The van der Waals surface area contributed by atoms with Crippen LogP contribution in [-0.2, 0) is 0 Å². The fourth-order valence-corrected chi connectivity index (χ4v) is 4.04. The lowest BCUT2D eigenvalue weighted by Gasteiger charge is -2.37. The molecule has 1 aliphatic heterocycles. The second-order valence-electron chi connectivity index (χ2n) is 6.23.